The number of likely N-dealkylation sites (N-methyl/N-ethyl adjacent to an activating group) is 1. The predicted molar refractivity (Wildman–Crippen MR) is 35.5 cm³/mol. The first-order valence-electron chi connectivity index (χ1n) is 2.89. The predicted octanol–water partition coefficient (Wildman–Crippen LogP) is -0.655. The Morgan fingerprint density at radius 2 is 1.90 bits per heavy atom. The summed E-state index contributed by atoms with van der Waals surface area (Å²) in [5.41, 5.74) is 0. The molecule has 0 bridgehead atoms. The molecule has 0 aromatic carbocycles. The lowest BCUT2D eigenvalue weighted by molar-refractivity contribution is -0.877. The number of aldehydes is 1. The highest BCUT2D eigenvalue weighted by Gasteiger charge is 2.30. The van der Waals surface area contributed by atoms with Crippen LogP contribution in [0.1, 0.15) is 0 Å². The highest BCUT2D eigenvalue weighted by molar-refractivity contribution is 5.89. The molecule has 0 fully saturated rings. The summed E-state index contributed by atoms with van der Waals surface area (Å²) in [6.07, 6.45) is 0.447. The summed E-state index contributed by atoms with van der Waals surface area (Å²) in [6.45, 7) is 0. The molecule has 0 radical (unpaired) electrons. The second-order valence-corrected chi connectivity index (χ2v) is 3.04. The van der Waals surface area contributed by atoms with Gasteiger partial charge in [-0.1, -0.05) is 0 Å². The molecule has 58 valence electrons. The molecule has 0 aromatic rings. The summed E-state index contributed by atoms with van der Waals surface area (Å²) >= 11 is 0. The van der Waals surface area contributed by atoms with Crippen LogP contribution in [-0.4, -0.2) is 49.0 Å². The van der Waals surface area contributed by atoms with Crippen molar-refractivity contribution in [3.8, 4) is 0 Å². The Hall–Kier alpha value is -0.900. The summed E-state index contributed by atoms with van der Waals surface area (Å²) in [6, 6.07) is -0.958. The number of hydrogen-bond donors (Lipinski definition) is 1. The largest absolute Gasteiger partial charge is 0.476 e. The van der Waals surface area contributed by atoms with Crippen molar-refractivity contribution in [2.45, 2.75) is 6.04 Å². The van der Waals surface area contributed by atoms with E-state index >= 15 is 0 Å². The SMILES string of the molecule is C[N+](C)(C)C(C=O)C(=O)O. The third-order valence-electron chi connectivity index (χ3n) is 1.22. The molecule has 0 saturated carbocycles. The molecule has 4 nitrogen and oxygen atoms in total. The number of carboxylic acids is 1. The van der Waals surface area contributed by atoms with Crippen molar-refractivity contribution in [3.63, 3.8) is 0 Å². The van der Waals surface area contributed by atoms with Gasteiger partial charge in [-0.15, -0.1) is 0 Å². The molecule has 1 atom stereocenters. The Kier molecular flexibility index (Phi) is 2.54. The molecule has 0 aromatic heterocycles. The summed E-state index contributed by atoms with van der Waals surface area (Å²) in [7, 11) is 4.98. The molecule has 0 spiro atoms. The number of carbonyl (C=O) groups excluding carboxylic acids is 1. The van der Waals surface area contributed by atoms with E-state index in [9.17, 15) is 9.59 Å². The van der Waals surface area contributed by atoms with E-state index in [1.807, 2.05) is 0 Å². The van der Waals surface area contributed by atoms with Crippen molar-refractivity contribution >= 4 is 12.3 Å². The van der Waals surface area contributed by atoms with Gasteiger partial charge in [0, 0.05) is 0 Å². The molecule has 0 aliphatic heterocycles. The van der Waals surface area contributed by atoms with Crippen LogP contribution in [0.5, 0.6) is 0 Å². The van der Waals surface area contributed by atoms with Gasteiger partial charge in [-0.25, -0.2) is 4.79 Å². The van der Waals surface area contributed by atoms with Gasteiger partial charge in [0.2, 0.25) is 6.04 Å². The topological polar surface area (TPSA) is 54.4 Å². The van der Waals surface area contributed by atoms with E-state index < -0.39 is 12.0 Å². The van der Waals surface area contributed by atoms with Gasteiger partial charge in [-0.05, 0) is 0 Å². The van der Waals surface area contributed by atoms with Crippen LogP contribution in [0.25, 0.3) is 0 Å². The minimum absolute atomic E-state index is 0.124. The quantitative estimate of drug-likeness (QED) is 0.327. The number of quaternary nitrogens is 1. The van der Waals surface area contributed by atoms with Gasteiger partial charge in [-0.2, -0.15) is 0 Å². The third kappa shape index (κ3) is 2.14. The second kappa shape index (κ2) is 2.79. The number of nitrogens with zero attached hydrogens (tertiary/aromatic N) is 1. The van der Waals surface area contributed by atoms with Crippen LogP contribution in [-0.2, 0) is 9.59 Å². The van der Waals surface area contributed by atoms with E-state index in [0.29, 0.717) is 6.29 Å². The highest BCUT2D eigenvalue weighted by atomic mass is 16.4. The van der Waals surface area contributed by atoms with Crippen LogP contribution < -0.4 is 0 Å². The van der Waals surface area contributed by atoms with E-state index in [2.05, 4.69) is 0 Å². The zero-order valence-corrected chi connectivity index (χ0v) is 6.37. The fourth-order valence-electron chi connectivity index (χ4n) is 0.572. The maximum atomic E-state index is 10.3. The van der Waals surface area contributed by atoms with Crippen LogP contribution in [0, 0.1) is 0 Å². The van der Waals surface area contributed by atoms with E-state index in [-0.39, 0.29) is 4.48 Å². The average molecular weight is 146 g/mol. The molecule has 0 amide bonds. The number of aliphatic carboxylic acids is 1. The van der Waals surface area contributed by atoms with Crippen molar-refractivity contribution in [3.05, 3.63) is 0 Å². The highest BCUT2D eigenvalue weighted by Crippen LogP contribution is 1.98. The third-order valence-corrected chi connectivity index (χ3v) is 1.22. The second-order valence-electron chi connectivity index (χ2n) is 3.04. The summed E-state index contributed by atoms with van der Waals surface area (Å²) in [5.74, 6) is -1.08. The molecule has 0 aliphatic carbocycles. The molecule has 0 saturated heterocycles. The van der Waals surface area contributed by atoms with Crippen molar-refractivity contribution in [2.75, 3.05) is 21.1 Å². The van der Waals surface area contributed by atoms with Crippen molar-refractivity contribution < 1.29 is 19.2 Å². The van der Waals surface area contributed by atoms with Gasteiger partial charge < -0.3 is 9.59 Å². The number of carbonyl (C=O) groups is 2. The number of carboxylic acid groups (broad SMARTS) is 1. The Labute approximate surface area is 59.7 Å². The first-order chi connectivity index (χ1) is 4.39. The molecule has 0 heterocycles. The molecule has 4 heteroatoms. The Morgan fingerprint density at radius 3 is 1.90 bits per heavy atom. The van der Waals surface area contributed by atoms with Crippen molar-refractivity contribution in [1.29, 1.82) is 0 Å². The monoisotopic (exact) mass is 146 g/mol. The standard InChI is InChI=1S/C6H11NO3/c1-7(2,3)5(4-8)6(9)10/h4-5H,1-3H3/p+1. The minimum Gasteiger partial charge on any atom is -0.476 e. The summed E-state index contributed by atoms with van der Waals surface area (Å²) in [4.78, 5) is 20.5. The first kappa shape index (κ1) is 9.10. The van der Waals surface area contributed by atoms with Gasteiger partial charge in [-0.3, -0.25) is 4.79 Å². The Morgan fingerprint density at radius 1 is 1.50 bits per heavy atom. The van der Waals surface area contributed by atoms with Gasteiger partial charge in [0.25, 0.3) is 0 Å². The van der Waals surface area contributed by atoms with Gasteiger partial charge >= 0.3 is 5.97 Å². The molecular weight excluding hydrogens is 134 g/mol. The van der Waals surface area contributed by atoms with Crippen molar-refractivity contribution in [2.24, 2.45) is 0 Å². The van der Waals surface area contributed by atoms with Crippen LogP contribution in [0.3, 0.4) is 0 Å². The fraction of sp³-hybridized carbons (Fsp3) is 0.667. The minimum atomic E-state index is -1.08. The smallest absolute Gasteiger partial charge is 0.370 e. The van der Waals surface area contributed by atoms with Crippen LogP contribution in [0.15, 0.2) is 0 Å². The zero-order valence-electron chi connectivity index (χ0n) is 6.37. The van der Waals surface area contributed by atoms with Gasteiger partial charge in [0.05, 0.1) is 21.1 Å². The molecule has 0 rings (SSSR count). The lowest BCUT2D eigenvalue weighted by Gasteiger charge is -2.26. The summed E-state index contributed by atoms with van der Waals surface area (Å²) < 4.78 is 0.124. The van der Waals surface area contributed by atoms with Crippen LogP contribution >= 0.6 is 0 Å². The van der Waals surface area contributed by atoms with Gasteiger partial charge in [0.15, 0.2) is 6.29 Å². The fourth-order valence-corrected chi connectivity index (χ4v) is 0.572. The van der Waals surface area contributed by atoms with Crippen LogP contribution in [0.2, 0.25) is 0 Å². The lowest BCUT2D eigenvalue weighted by atomic mass is 10.3. The average Bonchev–Trinajstić information content (AvgIpc) is 1.60. The van der Waals surface area contributed by atoms with Crippen molar-refractivity contribution in [1.82, 2.24) is 0 Å². The Bertz CT molecular complexity index is 148. The number of rotatable bonds is 3. The molecular formula is C6H12NO3+. The molecule has 1 unspecified atom stereocenters. The maximum Gasteiger partial charge on any atom is 0.370 e. The zero-order chi connectivity index (χ0) is 8.36. The normalized spacial score (nSPS) is 14.3. The van der Waals surface area contributed by atoms with E-state index in [4.69, 9.17) is 5.11 Å². The first-order valence-corrected chi connectivity index (χ1v) is 2.89. The van der Waals surface area contributed by atoms with Gasteiger partial charge in [0.1, 0.15) is 0 Å². The van der Waals surface area contributed by atoms with E-state index in [1.54, 1.807) is 21.1 Å². The molecule has 1 N–H and O–H groups in total. The van der Waals surface area contributed by atoms with Crippen LogP contribution in [0.4, 0.5) is 0 Å². The molecule has 10 heavy (non-hydrogen) atoms. The summed E-state index contributed by atoms with van der Waals surface area (Å²) in [5, 5.41) is 8.46. The maximum absolute atomic E-state index is 10.3. The Balaban J connectivity index is 4.36. The van der Waals surface area contributed by atoms with E-state index in [0.717, 1.165) is 0 Å². The molecule has 0 aliphatic rings. The lowest BCUT2D eigenvalue weighted by Crippen LogP contribution is -2.50. The van der Waals surface area contributed by atoms with E-state index in [1.165, 1.54) is 0 Å². The number of hydrogen-bond acceptors (Lipinski definition) is 2.